The van der Waals surface area contributed by atoms with Crippen molar-refractivity contribution in [2.75, 3.05) is 6.61 Å². The van der Waals surface area contributed by atoms with Crippen molar-refractivity contribution in [2.24, 2.45) is 5.92 Å². The Kier molecular flexibility index (Phi) is 8.11. The number of rotatable bonds is 9. The van der Waals surface area contributed by atoms with Crippen LogP contribution in [0.4, 0.5) is 0 Å². The third-order valence-corrected chi connectivity index (χ3v) is 6.01. The number of ether oxygens (including phenoxy) is 1. The highest BCUT2D eigenvalue weighted by Gasteiger charge is 2.21. The van der Waals surface area contributed by atoms with Gasteiger partial charge in [0, 0.05) is 0 Å². The van der Waals surface area contributed by atoms with Crippen LogP contribution in [0.5, 0.6) is 0 Å². The zero-order valence-corrected chi connectivity index (χ0v) is 17.3. The summed E-state index contributed by atoms with van der Waals surface area (Å²) in [5, 5.41) is 0. The van der Waals surface area contributed by atoms with Gasteiger partial charge in [0.05, 0.1) is 13.2 Å². The molecule has 1 aliphatic rings. The van der Waals surface area contributed by atoms with Crippen molar-refractivity contribution in [2.45, 2.75) is 58.0 Å². The van der Waals surface area contributed by atoms with Gasteiger partial charge in [-0.1, -0.05) is 66.8 Å². The molecule has 2 aromatic rings. The zero-order valence-electron chi connectivity index (χ0n) is 17.3. The zero-order chi connectivity index (χ0) is 19.6. The second kappa shape index (κ2) is 11.0. The van der Waals surface area contributed by atoms with Crippen LogP contribution < -0.4 is 0 Å². The first-order valence-corrected chi connectivity index (χ1v) is 10.8. The van der Waals surface area contributed by atoms with Gasteiger partial charge < -0.3 is 4.74 Å². The van der Waals surface area contributed by atoms with Crippen LogP contribution in [0.3, 0.4) is 0 Å². The lowest BCUT2D eigenvalue weighted by molar-refractivity contribution is 0.148. The van der Waals surface area contributed by atoms with Crippen LogP contribution in [0.15, 0.2) is 73.3 Å². The number of benzene rings is 2. The third-order valence-electron chi connectivity index (χ3n) is 6.01. The molecule has 1 saturated carbocycles. The Balaban J connectivity index is 1.53. The van der Waals surface area contributed by atoms with Crippen molar-refractivity contribution in [1.29, 1.82) is 0 Å². The molecule has 0 aliphatic heterocycles. The lowest BCUT2D eigenvalue weighted by Crippen LogP contribution is -2.13. The maximum absolute atomic E-state index is 5.63. The first-order valence-electron chi connectivity index (χ1n) is 10.8. The minimum Gasteiger partial charge on any atom is -0.373 e. The average molecular weight is 375 g/mol. The van der Waals surface area contributed by atoms with E-state index < -0.39 is 0 Å². The van der Waals surface area contributed by atoms with Crippen LogP contribution in [-0.2, 0) is 11.3 Å². The van der Waals surface area contributed by atoms with E-state index >= 15 is 0 Å². The summed E-state index contributed by atoms with van der Waals surface area (Å²) in [6.45, 7) is 7.21. The first kappa shape index (κ1) is 20.6. The van der Waals surface area contributed by atoms with Crippen LogP contribution in [-0.4, -0.2) is 6.61 Å². The summed E-state index contributed by atoms with van der Waals surface area (Å²) in [6.07, 6.45) is 14.0. The van der Waals surface area contributed by atoms with E-state index in [0.29, 0.717) is 13.2 Å². The predicted octanol–water partition coefficient (Wildman–Crippen LogP) is 7.69. The Hall–Kier alpha value is -2.12. The fraction of sp³-hybridized carbons (Fsp3) is 0.407. The molecule has 28 heavy (non-hydrogen) atoms. The van der Waals surface area contributed by atoms with Gasteiger partial charge in [-0.05, 0) is 79.5 Å². The van der Waals surface area contributed by atoms with E-state index in [2.05, 4.69) is 61.2 Å². The van der Waals surface area contributed by atoms with Crippen LogP contribution in [0.25, 0.3) is 11.1 Å². The van der Waals surface area contributed by atoms with Gasteiger partial charge in [-0.2, -0.15) is 0 Å². The summed E-state index contributed by atoms with van der Waals surface area (Å²) < 4.78 is 5.63. The minimum absolute atomic E-state index is 0.666. The molecule has 1 heteroatoms. The molecule has 0 bridgehead atoms. The molecule has 0 amide bonds. The van der Waals surface area contributed by atoms with E-state index in [9.17, 15) is 0 Å². The molecule has 0 N–H and O–H groups in total. The molecule has 0 aromatic heterocycles. The molecule has 1 nitrogen and oxygen atoms in total. The summed E-state index contributed by atoms with van der Waals surface area (Å²) in [5.41, 5.74) is 5.31. The van der Waals surface area contributed by atoms with Crippen molar-refractivity contribution < 1.29 is 4.74 Å². The van der Waals surface area contributed by atoms with E-state index in [1.54, 1.807) is 0 Å². The fourth-order valence-electron chi connectivity index (χ4n) is 4.22. The van der Waals surface area contributed by atoms with Crippen LogP contribution in [0.2, 0.25) is 0 Å². The fourth-order valence-corrected chi connectivity index (χ4v) is 4.22. The average Bonchev–Trinajstić information content (AvgIpc) is 2.76. The predicted molar refractivity (Wildman–Crippen MR) is 120 cm³/mol. The Bertz CT molecular complexity index is 731. The number of allylic oxidation sites excluding steroid dienone is 2. The van der Waals surface area contributed by atoms with E-state index in [1.807, 2.05) is 19.1 Å². The lowest BCUT2D eigenvalue weighted by Gasteiger charge is -2.28. The van der Waals surface area contributed by atoms with E-state index in [-0.39, 0.29) is 0 Å². The normalized spacial score (nSPS) is 19.8. The summed E-state index contributed by atoms with van der Waals surface area (Å²) >= 11 is 0. The second-order valence-corrected chi connectivity index (χ2v) is 7.99. The molecule has 0 saturated heterocycles. The molecule has 0 spiro atoms. The van der Waals surface area contributed by atoms with Crippen LogP contribution in [0, 0.1) is 5.92 Å². The van der Waals surface area contributed by atoms with Crippen molar-refractivity contribution in [3.8, 4) is 11.1 Å². The topological polar surface area (TPSA) is 9.23 Å². The van der Waals surface area contributed by atoms with Gasteiger partial charge in [-0.25, -0.2) is 0 Å². The summed E-state index contributed by atoms with van der Waals surface area (Å²) in [4.78, 5) is 0. The highest BCUT2D eigenvalue weighted by molar-refractivity contribution is 5.64. The monoisotopic (exact) mass is 374 g/mol. The molecule has 148 valence electrons. The molecular formula is C27H34O. The quantitative estimate of drug-likeness (QED) is 0.323. The Morgan fingerprint density at radius 3 is 2.18 bits per heavy atom. The van der Waals surface area contributed by atoms with Gasteiger partial charge in [0.2, 0.25) is 0 Å². The van der Waals surface area contributed by atoms with Gasteiger partial charge in [0.1, 0.15) is 0 Å². The highest BCUT2D eigenvalue weighted by atomic mass is 16.5. The summed E-state index contributed by atoms with van der Waals surface area (Å²) in [7, 11) is 0. The van der Waals surface area contributed by atoms with Gasteiger partial charge in [0.15, 0.2) is 0 Å². The Labute approximate surface area is 171 Å². The smallest absolute Gasteiger partial charge is 0.0721 e. The molecule has 1 aliphatic carbocycles. The molecule has 2 aromatic carbocycles. The Morgan fingerprint density at radius 2 is 1.57 bits per heavy atom. The maximum atomic E-state index is 5.63. The molecule has 0 heterocycles. The maximum Gasteiger partial charge on any atom is 0.0721 e. The largest absolute Gasteiger partial charge is 0.373 e. The van der Waals surface area contributed by atoms with Crippen molar-refractivity contribution in [1.82, 2.24) is 0 Å². The van der Waals surface area contributed by atoms with Gasteiger partial charge in [-0.15, -0.1) is 6.58 Å². The molecule has 0 unspecified atom stereocenters. The minimum atomic E-state index is 0.666. The molecular weight excluding hydrogens is 340 g/mol. The van der Waals surface area contributed by atoms with E-state index in [0.717, 1.165) is 11.8 Å². The highest BCUT2D eigenvalue weighted by Crippen LogP contribution is 2.38. The van der Waals surface area contributed by atoms with Crippen LogP contribution >= 0.6 is 0 Å². The number of hydrogen-bond acceptors (Lipinski definition) is 1. The van der Waals surface area contributed by atoms with Crippen molar-refractivity contribution >= 4 is 0 Å². The van der Waals surface area contributed by atoms with E-state index in [1.165, 1.54) is 60.8 Å². The summed E-state index contributed by atoms with van der Waals surface area (Å²) in [6, 6.07) is 18.0. The number of hydrogen-bond donors (Lipinski definition) is 0. The van der Waals surface area contributed by atoms with Crippen molar-refractivity contribution in [3.63, 3.8) is 0 Å². The molecule has 3 rings (SSSR count). The molecule has 0 radical (unpaired) electrons. The lowest BCUT2D eigenvalue weighted by atomic mass is 9.77. The summed E-state index contributed by atoms with van der Waals surface area (Å²) in [5.74, 6) is 1.65. The third kappa shape index (κ3) is 5.94. The first-order chi connectivity index (χ1) is 13.8. The Morgan fingerprint density at radius 1 is 0.929 bits per heavy atom. The van der Waals surface area contributed by atoms with Crippen LogP contribution in [0.1, 0.15) is 62.5 Å². The van der Waals surface area contributed by atoms with E-state index in [4.69, 9.17) is 4.74 Å². The molecule has 1 fully saturated rings. The standard InChI is InChI=1S/C27H34O/c1-3-5-7-22-8-12-24(13-9-22)26-16-18-27(19-17-26)25-14-10-23(11-15-25)21-28-20-6-4-2/h3-4,6,10-11,14-19,22,24H,1,5,7-9,12-13,20-21H2,2H3. The second-order valence-electron chi connectivity index (χ2n) is 7.99. The SMILES string of the molecule is C=CCCC1CCC(c2ccc(-c3ccc(COCC=CC)cc3)cc2)CC1. The van der Waals surface area contributed by atoms with Gasteiger partial charge >= 0.3 is 0 Å². The molecule has 0 atom stereocenters. The van der Waals surface area contributed by atoms with Crippen molar-refractivity contribution in [3.05, 3.63) is 84.5 Å². The van der Waals surface area contributed by atoms with Gasteiger partial charge in [0.25, 0.3) is 0 Å². The van der Waals surface area contributed by atoms with Gasteiger partial charge in [-0.3, -0.25) is 0 Å².